The molecule has 0 bridgehead atoms. The van der Waals surface area contributed by atoms with Gasteiger partial charge in [-0.05, 0) is 92.9 Å². The van der Waals surface area contributed by atoms with E-state index in [1.54, 1.807) is 0 Å². The second-order valence-electron chi connectivity index (χ2n) is 9.22. The standard InChI is InChI=1S/C21H28BrClN2O2/c1-20(2,3)27-19(26)25-13-16(12-21(25)7-5-8-21)24-9-4-6-14-10-15(23)11-17(22)18(14)24/h10-11,16H,4-9,12-13H2,1-3H3. The molecule has 1 unspecified atom stereocenters. The first-order valence-corrected chi connectivity index (χ1v) is 11.1. The van der Waals surface area contributed by atoms with Gasteiger partial charge in [-0.1, -0.05) is 11.6 Å². The Bertz CT molecular complexity index is 757. The maximum absolute atomic E-state index is 12.9. The fourth-order valence-corrected chi connectivity index (χ4v) is 6.02. The number of fused-ring (bicyclic) bond motifs is 1. The van der Waals surface area contributed by atoms with E-state index in [1.165, 1.54) is 17.7 Å². The van der Waals surface area contributed by atoms with E-state index in [4.69, 9.17) is 16.3 Å². The van der Waals surface area contributed by atoms with Gasteiger partial charge in [0.05, 0.1) is 5.69 Å². The Balaban J connectivity index is 1.61. The summed E-state index contributed by atoms with van der Waals surface area (Å²) in [7, 11) is 0. The van der Waals surface area contributed by atoms with Crippen LogP contribution in [-0.4, -0.2) is 41.3 Å². The summed E-state index contributed by atoms with van der Waals surface area (Å²) < 4.78 is 6.80. The number of benzene rings is 1. The van der Waals surface area contributed by atoms with Crippen molar-refractivity contribution < 1.29 is 9.53 Å². The fraction of sp³-hybridized carbons (Fsp3) is 0.667. The molecule has 1 amide bonds. The number of likely N-dealkylation sites (tertiary alicyclic amines) is 1. The van der Waals surface area contributed by atoms with Gasteiger partial charge in [-0.25, -0.2) is 4.79 Å². The quantitative estimate of drug-likeness (QED) is 0.537. The van der Waals surface area contributed by atoms with Crippen LogP contribution in [-0.2, 0) is 11.2 Å². The third-order valence-corrected chi connectivity index (χ3v) is 6.98. The van der Waals surface area contributed by atoms with Crippen LogP contribution in [0.1, 0.15) is 58.4 Å². The van der Waals surface area contributed by atoms with Crippen molar-refractivity contribution in [2.45, 2.75) is 76.5 Å². The molecule has 1 saturated carbocycles. The first-order valence-electron chi connectivity index (χ1n) is 9.94. The average Bonchev–Trinajstić information content (AvgIpc) is 2.93. The Morgan fingerprint density at radius 3 is 2.67 bits per heavy atom. The molecule has 1 aromatic carbocycles. The van der Waals surface area contributed by atoms with Gasteiger partial charge in [0.1, 0.15) is 5.60 Å². The summed E-state index contributed by atoms with van der Waals surface area (Å²) in [6, 6.07) is 4.40. The molecule has 2 aliphatic heterocycles. The highest BCUT2D eigenvalue weighted by Crippen LogP contribution is 2.49. The zero-order valence-corrected chi connectivity index (χ0v) is 18.7. The molecule has 1 aromatic rings. The average molecular weight is 456 g/mol. The van der Waals surface area contributed by atoms with Gasteiger partial charge in [-0.2, -0.15) is 0 Å². The van der Waals surface area contributed by atoms with Crippen LogP contribution in [0.2, 0.25) is 5.02 Å². The van der Waals surface area contributed by atoms with Gasteiger partial charge in [0, 0.05) is 34.2 Å². The van der Waals surface area contributed by atoms with Crippen LogP contribution in [0.5, 0.6) is 0 Å². The van der Waals surface area contributed by atoms with E-state index >= 15 is 0 Å². The number of carbonyl (C=O) groups is 1. The van der Waals surface area contributed by atoms with Crippen molar-refractivity contribution in [1.29, 1.82) is 0 Å². The second-order valence-corrected chi connectivity index (χ2v) is 10.5. The number of carbonyl (C=O) groups excluding carboxylic acids is 1. The lowest BCUT2D eigenvalue weighted by Gasteiger charge is -2.45. The van der Waals surface area contributed by atoms with Crippen LogP contribution < -0.4 is 4.90 Å². The lowest BCUT2D eigenvalue weighted by molar-refractivity contribution is -0.00978. The third-order valence-electron chi connectivity index (χ3n) is 6.16. The minimum absolute atomic E-state index is 0.0104. The molecule has 2 heterocycles. The summed E-state index contributed by atoms with van der Waals surface area (Å²) in [6.07, 6.45) is 6.42. The topological polar surface area (TPSA) is 32.8 Å². The Hall–Kier alpha value is -0.940. The van der Waals surface area contributed by atoms with Crippen molar-refractivity contribution >= 4 is 39.3 Å². The lowest BCUT2D eigenvalue weighted by Crippen LogP contribution is -2.53. The van der Waals surface area contributed by atoms with Gasteiger partial charge in [0.25, 0.3) is 0 Å². The summed E-state index contributed by atoms with van der Waals surface area (Å²) in [5.41, 5.74) is 2.09. The highest BCUT2D eigenvalue weighted by Gasteiger charge is 2.54. The highest BCUT2D eigenvalue weighted by atomic mass is 79.9. The third kappa shape index (κ3) is 3.57. The summed E-state index contributed by atoms with van der Waals surface area (Å²) >= 11 is 10.0. The van der Waals surface area contributed by atoms with Gasteiger partial charge < -0.3 is 14.5 Å². The first kappa shape index (κ1) is 19.4. The van der Waals surface area contributed by atoms with Crippen LogP contribution in [0.15, 0.2) is 16.6 Å². The van der Waals surface area contributed by atoms with E-state index in [9.17, 15) is 4.79 Å². The SMILES string of the molecule is CC(C)(C)OC(=O)N1CC(N2CCCc3cc(Cl)cc(Br)c32)CC12CCC2. The van der Waals surface area contributed by atoms with Gasteiger partial charge in [0.15, 0.2) is 0 Å². The van der Waals surface area contributed by atoms with Crippen LogP contribution in [0.4, 0.5) is 10.5 Å². The summed E-state index contributed by atoms with van der Waals surface area (Å²) in [5, 5.41) is 0.778. The van der Waals surface area contributed by atoms with Crippen molar-refractivity contribution in [3.05, 3.63) is 27.2 Å². The Kier molecular flexibility index (Phi) is 4.91. The predicted molar refractivity (Wildman–Crippen MR) is 113 cm³/mol. The molecule has 4 nitrogen and oxygen atoms in total. The Morgan fingerprint density at radius 2 is 2.04 bits per heavy atom. The van der Waals surface area contributed by atoms with Crippen LogP contribution in [0, 0.1) is 0 Å². The largest absolute Gasteiger partial charge is 0.444 e. The lowest BCUT2D eigenvalue weighted by atomic mass is 9.74. The number of amides is 1. The highest BCUT2D eigenvalue weighted by molar-refractivity contribution is 9.10. The molecule has 0 N–H and O–H groups in total. The number of anilines is 1. The monoisotopic (exact) mass is 454 g/mol. The number of rotatable bonds is 1. The molecule has 1 saturated heterocycles. The molecule has 0 radical (unpaired) electrons. The van der Waals surface area contributed by atoms with Crippen LogP contribution >= 0.6 is 27.5 Å². The summed E-state index contributed by atoms with van der Waals surface area (Å²) in [5.74, 6) is 0. The zero-order chi connectivity index (χ0) is 19.4. The van der Waals surface area contributed by atoms with Crippen molar-refractivity contribution in [3.8, 4) is 0 Å². The maximum atomic E-state index is 12.9. The Labute approximate surface area is 175 Å². The van der Waals surface area contributed by atoms with E-state index in [2.05, 4.69) is 26.9 Å². The van der Waals surface area contributed by atoms with Crippen LogP contribution in [0.3, 0.4) is 0 Å². The van der Waals surface area contributed by atoms with Gasteiger partial charge >= 0.3 is 6.09 Å². The second kappa shape index (κ2) is 6.84. The number of nitrogens with zero attached hydrogens (tertiary/aromatic N) is 2. The molecule has 2 fully saturated rings. The molecule has 27 heavy (non-hydrogen) atoms. The molecule has 1 aliphatic carbocycles. The predicted octanol–water partition coefficient (Wildman–Crippen LogP) is 5.79. The molecule has 6 heteroatoms. The molecular weight excluding hydrogens is 428 g/mol. The van der Waals surface area contributed by atoms with Crippen LogP contribution in [0.25, 0.3) is 0 Å². The molecule has 4 rings (SSSR count). The number of halogens is 2. The van der Waals surface area contributed by atoms with Crippen molar-refractivity contribution in [1.82, 2.24) is 4.90 Å². The minimum Gasteiger partial charge on any atom is -0.444 e. The minimum atomic E-state index is -0.461. The van der Waals surface area contributed by atoms with E-state index in [1.807, 2.05) is 31.7 Å². The normalized spacial score (nSPS) is 24.0. The smallest absolute Gasteiger partial charge is 0.410 e. The zero-order valence-electron chi connectivity index (χ0n) is 16.4. The van der Waals surface area contributed by atoms with Gasteiger partial charge in [0.2, 0.25) is 0 Å². The first-order chi connectivity index (χ1) is 12.7. The number of aryl methyl sites for hydroxylation is 1. The molecule has 1 spiro atoms. The fourth-order valence-electron chi connectivity index (χ4n) is 4.92. The number of ether oxygens (including phenoxy) is 1. The number of hydrogen-bond acceptors (Lipinski definition) is 3. The molecule has 1 atom stereocenters. The van der Waals surface area contributed by atoms with E-state index in [0.717, 1.165) is 54.7 Å². The Morgan fingerprint density at radius 1 is 1.30 bits per heavy atom. The molecule has 0 aromatic heterocycles. The van der Waals surface area contributed by atoms with E-state index < -0.39 is 5.60 Å². The van der Waals surface area contributed by atoms with E-state index in [0.29, 0.717) is 6.04 Å². The van der Waals surface area contributed by atoms with Gasteiger partial charge in [-0.3, -0.25) is 0 Å². The summed E-state index contributed by atoms with van der Waals surface area (Å²) in [6.45, 7) is 7.58. The van der Waals surface area contributed by atoms with Crippen molar-refractivity contribution in [2.75, 3.05) is 18.0 Å². The van der Waals surface area contributed by atoms with E-state index in [-0.39, 0.29) is 11.6 Å². The van der Waals surface area contributed by atoms with Crippen molar-refractivity contribution in [3.63, 3.8) is 0 Å². The molecule has 3 aliphatic rings. The van der Waals surface area contributed by atoms with Crippen molar-refractivity contribution in [2.24, 2.45) is 0 Å². The molecular formula is C21H28BrClN2O2. The van der Waals surface area contributed by atoms with Gasteiger partial charge in [-0.15, -0.1) is 0 Å². The molecule has 148 valence electrons. The number of hydrogen-bond donors (Lipinski definition) is 0. The maximum Gasteiger partial charge on any atom is 0.410 e. The summed E-state index contributed by atoms with van der Waals surface area (Å²) in [4.78, 5) is 17.4.